The summed E-state index contributed by atoms with van der Waals surface area (Å²) in [6.07, 6.45) is 2.31. The largest absolute Gasteiger partial charge is 0.503 e. The Hall–Kier alpha value is -6.00. The Morgan fingerprint density at radius 1 is 0.680 bits per heavy atom. The molecule has 0 bridgehead atoms. The predicted octanol–water partition coefficient (Wildman–Crippen LogP) is 5.63. The zero-order valence-corrected chi connectivity index (χ0v) is 27.4. The van der Waals surface area contributed by atoms with E-state index in [-0.39, 0.29) is 35.5 Å². The number of amides is 4. The zero-order chi connectivity index (χ0) is 37.1. The molecule has 0 spiro atoms. The lowest BCUT2D eigenvalue weighted by Crippen LogP contribution is -2.31. The van der Waals surface area contributed by atoms with E-state index in [9.17, 15) is 36.7 Å². The molecule has 260 valence electrons. The molecule has 16 heteroatoms. The van der Waals surface area contributed by atoms with E-state index in [2.05, 4.69) is 21.2 Å². The number of imide groups is 2. The van der Waals surface area contributed by atoms with E-state index in [1.807, 2.05) is 6.07 Å². The lowest BCUT2D eigenvalue weighted by atomic mass is 10.2. The number of nitrogens with two attached hydrogens (primary N) is 1. The molecular formula is C34H27BrF4N4O7. The number of phenolic OH excluding ortho intramolecular Hbond substituents is 2. The first-order valence-corrected chi connectivity index (χ1v) is 14.9. The van der Waals surface area contributed by atoms with Gasteiger partial charge in [0, 0.05) is 54.4 Å². The van der Waals surface area contributed by atoms with E-state index in [0.29, 0.717) is 15.9 Å². The van der Waals surface area contributed by atoms with Crippen LogP contribution in [0.3, 0.4) is 0 Å². The van der Waals surface area contributed by atoms with Crippen LogP contribution < -0.4 is 20.9 Å². The standard InChI is InChI=1S/C16H10F2N2O3.C10H6BrNO2.C6H5F2NO.C2H6O/c17-11-6-9(7-12(18)15(11)22)19-13-8-14(21)20(16(13)23)10-4-2-1-3-5-10;11-8-6-9(13)12(10(8)14)7-4-2-1-3-5-7;7-4-1-3(9)2-5(8)6(4)10;1-2-3/h1-8,19,22H;1-6H;1-2,10H,9H2;3H,2H2,1H3. The van der Waals surface area contributed by atoms with Gasteiger partial charge in [-0.2, -0.15) is 0 Å². The molecule has 0 radical (unpaired) electrons. The molecule has 2 aliphatic heterocycles. The summed E-state index contributed by atoms with van der Waals surface area (Å²) in [6, 6.07) is 20.4. The minimum Gasteiger partial charge on any atom is -0.503 e. The van der Waals surface area contributed by atoms with Crippen molar-refractivity contribution in [1.29, 1.82) is 0 Å². The number of nitrogen functional groups attached to an aromatic ring is 1. The number of nitrogens with one attached hydrogen (secondary N) is 1. The van der Waals surface area contributed by atoms with Gasteiger partial charge in [-0.1, -0.05) is 36.4 Å². The van der Waals surface area contributed by atoms with Crippen molar-refractivity contribution in [2.75, 3.05) is 27.5 Å². The minimum atomic E-state index is -1.18. The number of rotatable bonds is 4. The van der Waals surface area contributed by atoms with Gasteiger partial charge in [-0.15, -0.1) is 0 Å². The molecule has 2 heterocycles. The molecule has 0 aliphatic carbocycles. The van der Waals surface area contributed by atoms with Crippen molar-refractivity contribution in [3.63, 3.8) is 0 Å². The quantitative estimate of drug-likeness (QED) is 0.0765. The third-order valence-electron chi connectivity index (χ3n) is 6.16. The highest BCUT2D eigenvalue weighted by atomic mass is 79.9. The number of aromatic hydroxyl groups is 2. The molecule has 0 saturated heterocycles. The Morgan fingerprint density at radius 3 is 1.46 bits per heavy atom. The van der Waals surface area contributed by atoms with Crippen molar-refractivity contribution in [2.24, 2.45) is 0 Å². The van der Waals surface area contributed by atoms with E-state index < -0.39 is 46.6 Å². The molecule has 6 rings (SSSR count). The van der Waals surface area contributed by atoms with Gasteiger partial charge in [-0.3, -0.25) is 19.2 Å². The van der Waals surface area contributed by atoms with Crippen LogP contribution in [0.2, 0.25) is 0 Å². The summed E-state index contributed by atoms with van der Waals surface area (Å²) in [7, 11) is 0. The first-order valence-electron chi connectivity index (χ1n) is 14.1. The molecule has 0 fully saturated rings. The van der Waals surface area contributed by atoms with Gasteiger partial charge in [0.25, 0.3) is 23.6 Å². The van der Waals surface area contributed by atoms with Crippen LogP contribution in [0.1, 0.15) is 6.92 Å². The van der Waals surface area contributed by atoms with Crippen LogP contribution in [-0.4, -0.2) is 45.6 Å². The van der Waals surface area contributed by atoms with E-state index in [1.165, 1.54) is 6.08 Å². The van der Waals surface area contributed by atoms with E-state index in [4.69, 9.17) is 21.1 Å². The summed E-state index contributed by atoms with van der Waals surface area (Å²) in [5.41, 5.74) is 5.75. The number of phenols is 2. The van der Waals surface area contributed by atoms with Gasteiger partial charge in [0.1, 0.15) is 5.70 Å². The number of nitrogens with zero attached hydrogens (tertiary/aromatic N) is 2. The van der Waals surface area contributed by atoms with Crippen molar-refractivity contribution >= 4 is 62.3 Å². The second-order valence-corrected chi connectivity index (χ2v) is 10.6. The summed E-state index contributed by atoms with van der Waals surface area (Å²) >= 11 is 3.03. The summed E-state index contributed by atoms with van der Waals surface area (Å²) in [5.74, 6) is -8.38. The van der Waals surface area contributed by atoms with E-state index in [1.54, 1.807) is 61.5 Å². The van der Waals surface area contributed by atoms with Gasteiger partial charge >= 0.3 is 0 Å². The Kier molecular flexibility index (Phi) is 13.4. The van der Waals surface area contributed by atoms with Gasteiger partial charge in [-0.05, 0) is 47.1 Å². The third kappa shape index (κ3) is 9.55. The molecule has 11 nitrogen and oxygen atoms in total. The number of hydrogen-bond donors (Lipinski definition) is 5. The molecule has 0 saturated carbocycles. The molecule has 6 N–H and O–H groups in total. The smallest absolute Gasteiger partial charge is 0.281 e. The number of carbonyl (C=O) groups excluding carboxylic acids is 4. The summed E-state index contributed by atoms with van der Waals surface area (Å²) < 4.78 is 51.5. The molecule has 2 aliphatic rings. The zero-order valence-electron chi connectivity index (χ0n) is 25.8. The highest BCUT2D eigenvalue weighted by molar-refractivity contribution is 9.12. The summed E-state index contributed by atoms with van der Waals surface area (Å²) in [6.45, 7) is 1.93. The second-order valence-electron chi connectivity index (χ2n) is 9.74. The van der Waals surface area contributed by atoms with Crippen LogP contribution in [0.25, 0.3) is 0 Å². The second kappa shape index (κ2) is 17.4. The Labute approximate surface area is 290 Å². The Morgan fingerprint density at radius 2 is 1.06 bits per heavy atom. The van der Waals surface area contributed by atoms with Crippen molar-refractivity contribution in [1.82, 2.24) is 0 Å². The normalized spacial score (nSPS) is 13.3. The van der Waals surface area contributed by atoms with Crippen LogP contribution in [0.4, 0.5) is 40.3 Å². The maximum atomic E-state index is 13.3. The minimum absolute atomic E-state index is 0.0483. The molecular weight excluding hydrogens is 732 g/mol. The van der Waals surface area contributed by atoms with E-state index in [0.717, 1.165) is 40.1 Å². The van der Waals surface area contributed by atoms with Crippen LogP contribution in [0.5, 0.6) is 11.5 Å². The van der Waals surface area contributed by atoms with E-state index >= 15 is 0 Å². The average molecular weight is 760 g/mol. The first kappa shape index (κ1) is 38.4. The van der Waals surface area contributed by atoms with Gasteiger partial charge in [-0.25, -0.2) is 27.4 Å². The number of carbonyl (C=O) groups is 4. The van der Waals surface area contributed by atoms with Crippen molar-refractivity contribution in [2.45, 2.75) is 6.92 Å². The maximum Gasteiger partial charge on any atom is 0.281 e. The molecule has 4 aromatic carbocycles. The number of para-hydroxylation sites is 2. The molecule has 0 unspecified atom stereocenters. The monoisotopic (exact) mass is 758 g/mol. The van der Waals surface area contributed by atoms with Crippen LogP contribution in [0.15, 0.2) is 107 Å². The Bertz CT molecular complexity index is 1920. The number of hydrogen-bond acceptors (Lipinski definition) is 9. The Balaban J connectivity index is 0.000000213. The topological polar surface area (TPSA) is 174 Å². The molecule has 4 aromatic rings. The molecule has 0 atom stereocenters. The molecule has 0 aromatic heterocycles. The first-order chi connectivity index (χ1) is 23.7. The fraction of sp³-hybridized carbons (Fsp3) is 0.0588. The van der Waals surface area contributed by atoms with Crippen LogP contribution in [-0.2, 0) is 19.2 Å². The lowest BCUT2D eigenvalue weighted by molar-refractivity contribution is -0.121. The summed E-state index contributed by atoms with van der Waals surface area (Å²) in [4.78, 5) is 49.2. The highest BCUT2D eigenvalue weighted by Gasteiger charge is 2.33. The van der Waals surface area contributed by atoms with Gasteiger partial charge in [0.05, 0.1) is 15.9 Å². The predicted molar refractivity (Wildman–Crippen MR) is 180 cm³/mol. The summed E-state index contributed by atoms with van der Waals surface area (Å²) in [5, 5.41) is 27.6. The fourth-order valence-corrected chi connectivity index (χ4v) is 4.40. The molecule has 4 amide bonds. The van der Waals surface area contributed by atoms with Crippen LogP contribution in [0, 0.1) is 23.3 Å². The highest BCUT2D eigenvalue weighted by Crippen LogP contribution is 2.28. The number of aliphatic hydroxyl groups excluding tert-OH is 1. The lowest BCUT2D eigenvalue weighted by Gasteiger charge is -2.15. The van der Waals surface area contributed by atoms with Gasteiger partial charge < -0.3 is 26.4 Å². The van der Waals surface area contributed by atoms with Crippen molar-refractivity contribution in [3.8, 4) is 11.5 Å². The van der Waals surface area contributed by atoms with Gasteiger partial charge in [0.15, 0.2) is 34.8 Å². The average Bonchev–Trinajstić information content (AvgIpc) is 3.50. The van der Waals surface area contributed by atoms with Crippen LogP contribution >= 0.6 is 15.9 Å². The van der Waals surface area contributed by atoms with Gasteiger partial charge in [0.2, 0.25) is 0 Å². The number of halogens is 5. The molecule has 50 heavy (non-hydrogen) atoms. The SMILES string of the molecule is CCO.Nc1cc(F)c(O)c(F)c1.O=C1C=C(Br)C(=O)N1c1ccccc1.O=C1C=C(Nc2cc(F)c(O)c(F)c2)C(=O)N1c1ccccc1. The van der Waals surface area contributed by atoms with Crippen molar-refractivity contribution < 1.29 is 52.1 Å². The number of aliphatic hydroxyl groups is 1. The number of anilines is 4. The maximum absolute atomic E-state index is 13.3. The third-order valence-corrected chi connectivity index (χ3v) is 6.73. The fourth-order valence-electron chi connectivity index (χ4n) is 4.02. The van der Waals surface area contributed by atoms with Crippen molar-refractivity contribution in [3.05, 3.63) is 131 Å². The number of benzene rings is 4.